The third-order valence-electron chi connectivity index (χ3n) is 4.83. The largest absolute Gasteiger partial charge is 0.439 e. The number of nitrogens with zero attached hydrogens (tertiary/aromatic N) is 4. The Labute approximate surface area is 180 Å². The molecule has 31 heavy (non-hydrogen) atoms. The van der Waals surface area contributed by atoms with E-state index in [1.54, 1.807) is 35.0 Å². The highest BCUT2D eigenvalue weighted by atomic mass is 16.5. The van der Waals surface area contributed by atoms with Crippen molar-refractivity contribution in [1.29, 1.82) is 0 Å². The topological polar surface area (TPSA) is 81.9 Å². The molecule has 156 valence electrons. The number of carbonyl (C=O) groups is 1. The number of rotatable bonds is 5. The lowest BCUT2D eigenvalue weighted by molar-refractivity contribution is 0.102. The van der Waals surface area contributed by atoms with Gasteiger partial charge in [0, 0.05) is 23.0 Å². The second-order valence-electron chi connectivity index (χ2n) is 7.45. The Morgan fingerprint density at radius 1 is 0.935 bits per heavy atom. The van der Waals surface area contributed by atoms with Crippen molar-refractivity contribution in [2.45, 2.75) is 27.7 Å². The molecule has 0 saturated heterocycles. The van der Waals surface area contributed by atoms with E-state index in [1.165, 1.54) is 6.33 Å². The fourth-order valence-electron chi connectivity index (χ4n) is 3.27. The Hall–Kier alpha value is -4.00. The highest BCUT2D eigenvalue weighted by Crippen LogP contribution is 2.23. The van der Waals surface area contributed by atoms with Gasteiger partial charge in [-0.25, -0.2) is 14.6 Å². The molecule has 0 aliphatic rings. The second-order valence-corrected chi connectivity index (χ2v) is 7.45. The van der Waals surface area contributed by atoms with E-state index in [2.05, 4.69) is 20.4 Å². The minimum atomic E-state index is -0.139. The number of anilines is 1. The highest BCUT2D eigenvalue weighted by molar-refractivity contribution is 6.05. The van der Waals surface area contributed by atoms with Crippen LogP contribution in [-0.2, 0) is 0 Å². The summed E-state index contributed by atoms with van der Waals surface area (Å²) in [5.41, 5.74) is 5.22. The predicted molar refractivity (Wildman–Crippen MR) is 119 cm³/mol. The van der Waals surface area contributed by atoms with Gasteiger partial charge in [0.15, 0.2) is 5.82 Å². The summed E-state index contributed by atoms with van der Waals surface area (Å²) < 4.78 is 7.61. The first-order valence-electron chi connectivity index (χ1n) is 9.91. The molecule has 7 nitrogen and oxygen atoms in total. The molecule has 1 amide bonds. The van der Waals surface area contributed by atoms with E-state index in [9.17, 15) is 4.79 Å². The van der Waals surface area contributed by atoms with Crippen LogP contribution >= 0.6 is 0 Å². The van der Waals surface area contributed by atoms with Gasteiger partial charge in [-0.2, -0.15) is 5.10 Å². The smallest absolute Gasteiger partial charge is 0.255 e. The van der Waals surface area contributed by atoms with Gasteiger partial charge in [-0.05, 0) is 69.7 Å². The van der Waals surface area contributed by atoms with Gasteiger partial charge in [-0.1, -0.05) is 17.7 Å². The predicted octanol–water partition coefficient (Wildman–Crippen LogP) is 4.94. The van der Waals surface area contributed by atoms with Crippen LogP contribution in [0.25, 0.3) is 5.82 Å². The van der Waals surface area contributed by atoms with Crippen LogP contribution in [0.1, 0.15) is 32.9 Å². The van der Waals surface area contributed by atoms with Gasteiger partial charge in [-0.15, -0.1) is 0 Å². The molecule has 0 bridgehead atoms. The maximum atomic E-state index is 12.6. The summed E-state index contributed by atoms with van der Waals surface area (Å²) in [4.78, 5) is 21.1. The molecule has 2 heterocycles. The summed E-state index contributed by atoms with van der Waals surface area (Å²) in [5, 5.41) is 7.36. The van der Waals surface area contributed by atoms with Gasteiger partial charge < -0.3 is 10.1 Å². The van der Waals surface area contributed by atoms with Gasteiger partial charge >= 0.3 is 0 Å². The molecule has 2 aromatic carbocycles. The number of benzene rings is 2. The second kappa shape index (κ2) is 8.39. The molecule has 1 N–H and O–H groups in total. The lowest BCUT2D eigenvalue weighted by atomic mass is 10.1. The van der Waals surface area contributed by atoms with E-state index in [-0.39, 0.29) is 5.91 Å². The van der Waals surface area contributed by atoms with E-state index < -0.39 is 0 Å². The van der Waals surface area contributed by atoms with Crippen LogP contribution in [0, 0.1) is 27.7 Å². The van der Waals surface area contributed by atoms with Crippen LogP contribution in [0.15, 0.2) is 60.9 Å². The summed E-state index contributed by atoms with van der Waals surface area (Å²) in [5.74, 6) is 1.50. The average Bonchev–Trinajstić information content (AvgIpc) is 3.09. The quantitative estimate of drug-likeness (QED) is 0.501. The molecule has 4 rings (SSSR count). The number of aromatic nitrogens is 4. The van der Waals surface area contributed by atoms with E-state index in [1.807, 2.05) is 52.0 Å². The van der Waals surface area contributed by atoms with Gasteiger partial charge in [0.25, 0.3) is 5.91 Å². The van der Waals surface area contributed by atoms with E-state index in [0.29, 0.717) is 28.7 Å². The number of aryl methyl sites for hydroxylation is 4. The van der Waals surface area contributed by atoms with E-state index in [4.69, 9.17) is 4.74 Å². The number of carbonyl (C=O) groups excluding carboxylic acids is 1. The van der Waals surface area contributed by atoms with Crippen molar-refractivity contribution in [2.75, 3.05) is 5.32 Å². The zero-order valence-corrected chi connectivity index (χ0v) is 17.9. The normalized spacial score (nSPS) is 10.7. The maximum absolute atomic E-state index is 12.6. The summed E-state index contributed by atoms with van der Waals surface area (Å²) in [6.07, 6.45) is 1.44. The Morgan fingerprint density at radius 2 is 1.71 bits per heavy atom. The van der Waals surface area contributed by atoms with Crippen molar-refractivity contribution in [1.82, 2.24) is 19.7 Å². The van der Waals surface area contributed by atoms with Crippen LogP contribution in [-0.4, -0.2) is 25.7 Å². The molecule has 0 spiro atoms. The van der Waals surface area contributed by atoms with Crippen molar-refractivity contribution in [3.63, 3.8) is 0 Å². The van der Waals surface area contributed by atoms with Gasteiger partial charge in [0.1, 0.15) is 12.1 Å². The molecule has 0 radical (unpaired) electrons. The van der Waals surface area contributed by atoms with Crippen LogP contribution in [0.4, 0.5) is 5.69 Å². The summed E-state index contributed by atoms with van der Waals surface area (Å²) in [6, 6.07) is 16.7. The van der Waals surface area contributed by atoms with Crippen LogP contribution in [0.3, 0.4) is 0 Å². The highest BCUT2D eigenvalue weighted by Gasteiger charge is 2.11. The minimum absolute atomic E-state index is 0.139. The van der Waals surface area contributed by atoms with Crippen molar-refractivity contribution in [3.8, 4) is 17.4 Å². The summed E-state index contributed by atoms with van der Waals surface area (Å²) >= 11 is 0. The van der Waals surface area contributed by atoms with Crippen molar-refractivity contribution >= 4 is 11.6 Å². The zero-order chi connectivity index (χ0) is 22.0. The zero-order valence-electron chi connectivity index (χ0n) is 17.9. The number of nitrogens with one attached hydrogen (secondary N) is 1. The molecule has 0 unspecified atom stereocenters. The first-order chi connectivity index (χ1) is 14.9. The molecule has 0 fully saturated rings. The molecule has 0 aliphatic heterocycles. The Balaban J connectivity index is 1.47. The van der Waals surface area contributed by atoms with Crippen molar-refractivity contribution in [2.24, 2.45) is 0 Å². The number of ether oxygens (including phenoxy) is 1. The first-order valence-corrected chi connectivity index (χ1v) is 9.91. The fraction of sp³-hybridized carbons (Fsp3) is 0.167. The lowest BCUT2D eigenvalue weighted by Crippen LogP contribution is -2.13. The molecular formula is C24H23N5O2. The minimum Gasteiger partial charge on any atom is -0.439 e. The molecule has 7 heteroatoms. The Kier molecular flexibility index (Phi) is 5.49. The first kappa shape index (κ1) is 20.3. The maximum Gasteiger partial charge on any atom is 0.255 e. The summed E-state index contributed by atoms with van der Waals surface area (Å²) in [6.45, 7) is 7.79. The number of amides is 1. The average molecular weight is 413 g/mol. The van der Waals surface area contributed by atoms with E-state index >= 15 is 0 Å². The molecule has 2 aromatic heterocycles. The third kappa shape index (κ3) is 4.61. The van der Waals surface area contributed by atoms with Crippen LogP contribution < -0.4 is 10.1 Å². The molecular weight excluding hydrogens is 390 g/mol. The molecule has 0 atom stereocenters. The molecule has 4 aromatic rings. The summed E-state index contributed by atoms with van der Waals surface area (Å²) in [7, 11) is 0. The van der Waals surface area contributed by atoms with Crippen molar-refractivity contribution < 1.29 is 9.53 Å². The standard InChI is InChI=1S/C24H23N5O2/c1-15-5-6-16(2)21(11-15)24(30)27-19-7-9-20(10-8-19)31-23-13-22(25-14-26-23)29-18(4)12-17(3)28-29/h5-14H,1-4H3,(H,27,30). The molecule has 0 aliphatic carbocycles. The number of hydrogen-bond acceptors (Lipinski definition) is 5. The van der Waals surface area contributed by atoms with Gasteiger partial charge in [-0.3, -0.25) is 4.79 Å². The fourth-order valence-corrected chi connectivity index (χ4v) is 3.27. The van der Waals surface area contributed by atoms with Crippen LogP contribution in [0.2, 0.25) is 0 Å². The molecule has 0 saturated carbocycles. The Bertz CT molecular complexity index is 1250. The monoisotopic (exact) mass is 413 g/mol. The third-order valence-corrected chi connectivity index (χ3v) is 4.83. The number of hydrogen-bond donors (Lipinski definition) is 1. The SMILES string of the molecule is Cc1ccc(C)c(C(=O)Nc2ccc(Oc3cc(-n4nc(C)cc4C)ncn3)cc2)c1. The van der Waals surface area contributed by atoms with Crippen LogP contribution in [0.5, 0.6) is 11.6 Å². The van der Waals surface area contributed by atoms with Gasteiger partial charge in [0.05, 0.1) is 5.69 Å². The van der Waals surface area contributed by atoms with Gasteiger partial charge in [0.2, 0.25) is 5.88 Å². The Morgan fingerprint density at radius 3 is 2.42 bits per heavy atom. The van der Waals surface area contributed by atoms with Crippen molar-refractivity contribution in [3.05, 3.63) is 89.0 Å². The van der Waals surface area contributed by atoms with E-state index in [0.717, 1.165) is 22.5 Å². The lowest BCUT2D eigenvalue weighted by Gasteiger charge is -2.10.